The van der Waals surface area contributed by atoms with Crippen molar-refractivity contribution in [2.45, 2.75) is 27.2 Å². The minimum atomic E-state index is 0.231. The van der Waals surface area contributed by atoms with Crippen LogP contribution >= 0.6 is 0 Å². The molecule has 0 aliphatic heterocycles. The van der Waals surface area contributed by atoms with Gasteiger partial charge in [0.2, 0.25) is 0 Å². The normalized spacial score (nSPS) is 19.9. The standard InChI is InChI=1S/C10H16O/c1-10(2,3)6-9(7-11)8-4-5-8/h4-5,7-9H,6H2,1-3H3. The molecular weight excluding hydrogens is 136 g/mol. The minimum absolute atomic E-state index is 0.231. The van der Waals surface area contributed by atoms with E-state index in [2.05, 4.69) is 32.9 Å². The van der Waals surface area contributed by atoms with Crippen molar-refractivity contribution in [3.05, 3.63) is 12.2 Å². The molecule has 1 heteroatoms. The van der Waals surface area contributed by atoms with E-state index in [1.807, 2.05) is 0 Å². The first kappa shape index (κ1) is 8.51. The van der Waals surface area contributed by atoms with Crippen LogP contribution in [-0.4, -0.2) is 6.29 Å². The summed E-state index contributed by atoms with van der Waals surface area (Å²) in [5, 5.41) is 0. The average Bonchev–Trinajstić information content (AvgIpc) is 2.61. The molecule has 11 heavy (non-hydrogen) atoms. The van der Waals surface area contributed by atoms with E-state index < -0.39 is 0 Å². The predicted octanol–water partition coefficient (Wildman–Crippen LogP) is 2.42. The first-order chi connectivity index (χ1) is 5.03. The molecule has 1 unspecified atom stereocenters. The molecule has 0 aromatic rings. The van der Waals surface area contributed by atoms with Crippen molar-refractivity contribution in [3.63, 3.8) is 0 Å². The van der Waals surface area contributed by atoms with Gasteiger partial charge in [0.15, 0.2) is 0 Å². The molecule has 0 saturated carbocycles. The van der Waals surface area contributed by atoms with E-state index in [4.69, 9.17) is 0 Å². The quantitative estimate of drug-likeness (QED) is 0.448. The van der Waals surface area contributed by atoms with Crippen LogP contribution in [-0.2, 0) is 4.79 Å². The summed E-state index contributed by atoms with van der Waals surface area (Å²) in [5.41, 5.74) is 0.274. The van der Waals surface area contributed by atoms with Crippen LogP contribution in [0.4, 0.5) is 0 Å². The van der Waals surface area contributed by atoms with Gasteiger partial charge in [-0.2, -0.15) is 0 Å². The Labute approximate surface area is 68.5 Å². The van der Waals surface area contributed by atoms with Crippen LogP contribution < -0.4 is 0 Å². The molecule has 1 nitrogen and oxygen atoms in total. The Bertz CT molecular complexity index is 168. The number of rotatable bonds is 3. The van der Waals surface area contributed by atoms with Gasteiger partial charge in [0, 0.05) is 11.8 Å². The van der Waals surface area contributed by atoms with Crippen molar-refractivity contribution in [3.8, 4) is 0 Å². The second kappa shape index (κ2) is 2.80. The molecule has 0 aromatic heterocycles. The summed E-state index contributed by atoms with van der Waals surface area (Å²) in [5.74, 6) is 0.710. The minimum Gasteiger partial charge on any atom is -0.303 e. The number of allylic oxidation sites excluding steroid dienone is 2. The van der Waals surface area contributed by atoms with Crippen molar-refractivity contribution in [2.24, 2.45) is 17.3 Å². The van der Waals surface area contributed by atoms with Gasteiger partial charge in [-0.15, -0.1) is 0 Å². The molecule has 0 saturated heterocycles. The molecule has 0 amide bonds. The van der Waals surface area contributed by atoms with E-state index in [1.54, 1.807) is 0 Å². The number of hydrogen-bond acceptors (Lipinski definition) is 1. The lowest BCUT2D eigenvalue weighted by molar-refractivity contribution is -0.112. The number of carbonyl (C=O) groups is 1. The first-order valence-corrected chi connectivity index (χ1v) is 4.16. The fraction of sp³-hybridized carbons (Fsp3) is 0.700. The van der Waals surface area contributed by atoms with Crippen LogP contribution in [0, 0.1) is 17.3 Å². The van der Waals surface area contributed by atoms with Gasteiger partial charge in [-0.25, -0.2) is 0 Å². The van der Waals surface area contributed by atoms with Crippen LogP contribution in [0.3, 0.4) is 0 Å². The van der Waals surface area contributed by atoms with Crippen molar-refractivity contribution in [1.29, 1.82) is 0 Å². The van der Waals surface area contributed by atoms with Crippen LogP contribution in [0.1, 0.15) is 27.2 Å². The van der Waals surface area contributed by atoms with Gasteiger partial charge < -0.3 is 4.79 Å². The van der Waals surface area contributed by atoms with Crippen molar-refractivity contribution in [1.82, 2.24) is 0 Å². The summed E-state index contributed by atoms with van der Waals surface area (Å²) < 4.78 is 0. The second-order valence-electron chi connectivity index (χ2n) is 4.53. The Kier molecular flexibility index (Phi) is 2.17. The maximum Gasteiger partial charge on any atom is 0.123 e. The van der Waals surface area contributed by atoms with Gasteiger partial charge in [-0.05, 0) is 11.8 Å². The number of hydrogen-bond donors (Lipinski definition) is 0. The lowest BCUT2D eigenvalue weighted by Gasteiger charge is -2.21. The SMILES string of the molecule is CC(C)(C)CC(C=O)C1C=C1. The summed E-state index contributed by atoms with van der Waals surface area (Å²) in [7, 11) is 0. The van der Waals surface area contributed by atoms with Gasteiger partial charge in [-0.3, -0.25) is 0 Å². The van der Waals surface area contributed by atoms with Crippen molar-refractivity contribution < 1.29 is 4.79 Å². The Balaban J connectivity index is 2.37. The van der Waals surface area contributed by atoms with Crippen molar-refractivity contribution >= 4 is 6.29 Å². The monoisotopic (exact) mass is 152 g/mol. The molecule has 1 aliphatic rings. The third-order valence-electron chi connectivity index (χ3n) is 1.93. The lowest BCUT2D eigenvalue weighted by atomic mass is 9.83. The number of carbonyl (C=O) groups excluding carboxylic acids is 1. The van der Waals surface area contributed by atoms with E-state index in [9.17, 15) is 4.79 Å². The zero-order valence-corrected chi connectivity index (χ0v) is 7.50. The highest BCUT2D eigenvalue weighted by Gasteiger charge is 2.27. The number of aldehydes is 1. The summed E-state index contributed by atoms with van der Waals surface area (Å²) in [6.07, 6.45) is 6.29. The topological polar surface area (TPSA) is 17.1 Å². The smallest absolute Gasteiger partial charge is 0.123 e. The van der Waals surface area contributed by atoms with Gasteiger partial charge >= 0.3 is 0 Å². The molecule has 0 N–H and O–H groups in total. The van der Waals surface area contributed by atoms with Gasteiger partial charge in [0.25, 0.3) is 0 Å². The van der Waals surface area contributed by atoms with Crippen LogP contribution in [0.2, 0.25) is 0 Å². The molecule has 62 valence electrons. The highest BCUT2D eigenvalue weighted by molar-refractivity contribution is 5.57. The highest BCUT2D eigenvalue weighted by atomic mass is 16.1. The van der Waals surface area contributed by atoms with E-state index in [-0.39, 0.29) is 11.3 Å². The summed E-state index contributed by atoms with van der Waals surface area (Å²) in [6.45, 7) is 6.52. The highest BCUT2D eigenvalue weighted by Crippen LogP contribution is 2.33. The van der Waals surface area contributed by atoms with Gasteiger partial charge in [-0.1, -0.05) is 32.9 Å². The predicted molar refractivity (Wildman–Crippen MR) is 46.3 cm³/mol. The van der Waals surface area contributed by atoms with Gasteiger partial charge in [0.05, 0.1) is 0 Å². The average molecular weight is 152 g/mol. The van der Waals surface area contributed by atoms with Crippen molar-refractivity contribution in [2.75, 3.05) is 0 Å². The van der Waals surface area contributed by atoms with E-state index in [0.29, 0.717) is 5.92 Å². The zero-order chi connectivity index (χ0) is 8.48. The summed E-state index contributed by atoms with van der Waals surface area (Å²) in [6, 6.07) is 0. The van der Waals surface area contributed by atoms with Crippen LogP contribution in [0.25, 0.3) is 0 Å². The molecule has 0 fully saturated rings. The largest absolute Gasteiger partial charge is 0.303 e. The van der Waals surface area contributed by atoms with E-state index in [0.717, 1.165) is 12.7 Å². The Morgan fingerprint density at radius 2 is 2.00 bits per heavy atom. The maximum absolute atomic E-state index is 10.6. The molecule has 1 aliphatic carbocycles. The molecular formula is C10H16O. The van der Waals surface area contributed by atoms with E-state index >= 15 is 0 Å². The Morgan fingerprint density at radius 1 is 1.45 bits per heavy atom. The van der Waals surface area contributed by atoms with Crippen LogP contribution in [0.5, 0.6) is 0 Å². The summed E-state index contributed by atoms with van der Waals surface area (Å²) in [4.78, 5) is 10.6. The molecule has 0 radical (unpaired) electrons. The third-order valence-corrected chi connectivity index (χ3v) is 1.93. The maximum atomic E-state index is 10.6. The Hall–Kier alpha value is -0.590. The first-order valence-electron chi connectivity index (χ1n) is 4.16. The second-order valence-corrected chi connectivity index (χ2v) is 4.53. The molecule has 1 atom stereocenters. The molecule has 0 heterocycles. The Morgan fingerprint density at radius 3 is 2.27 bits per heavy atom. The third kappa shape index (κ3) is 2.87. The van der Waals surface area contributed by atoms with E-state index in [1.165, 1.54) is 0 Å². The molecule has 0 spiro atoms. The van der Waals surface area contributed by atoms with Gasteiger partial charge in [0.1, 0.15) is 6.29 Å². The zero-order valence-electron chi connectivity index (χ0n) is 7.50. The molecule has 0 bridgehead atoms. The molecule has 1 rings (SSSR count). The molecule has 0 aromatic carbocycles. The van der Waals surface area contributed by atoms with Crippen LogP contribution in [0.15, 0.2) is 12.2 Å². The summed E-state index contributed by atoms with van der Waals surface area (Å²) >= 11 is 0. The fourth-order valence-corrected chi connectivity index (χ4v) is 1.33. The lowest BCUT2D eigenvalue weighted by Crippen LogP contribution is -2.16. The fourth-order valence-electron chi connectivity index (χ4n) is 1.33.